The molecular formula is C21H21F3N4O2S. The highest BCUT2D eigenvalue weighted by atomic mass is 32.1. The summed E-state index contributed by atoms with van der Waals surface area (Å²) in [4.78, 5) is 0. The first-order chi connectivity index (χ1) is 14.7. The molecule has 0 aliphatic heterocycles. The van der Waals surface area contributed by atoms with E-state index in [1.54, 1.807) is 42.1 Å². The summed E-state index contributed by atoms with van der Waals surface area (Å²) in [6.45, 7) is 2.01. The molecule has 0 bridgehead atoms. The molecular weight excluding hydrogens is 429 g/mol. The van der Waals surface area contributed by atoms with Gasteiger partial charge in [-0.15, -0.1) is 0 Å². The smallest absolute Gasteiger partial charge is 0.416 e. The van der Waals surface area contributed by atoms with Gasteiger partial charge < -0.3 is 20.1 Å². The zero-order valence-corrected chi connectivity index (χ0v) is 17.9. The zero-order chi connectivity index (χ0) is 22.6. The highest BCUT2D eigenvalue weighted by Crippen LogP contribution is 2.30. The van der Waals surface area contributed by atoms with Crippen molar-refractivity contribution in [1.82, 2.24) is 9.78 Å². The van der Waals surface area contributed by atoms with Crippen molar-refractivity contribution >= 4 is 28.8 Å². The molecule has 0 aliphatic carbocycles. The monoisotopic (exact) mass is 450 g/mol. The van der Waals surface area contributed by atoms with Crippen LogP contribution in [0.15, 0.2) is 48.5 Å². The van der Waals surface area contributed by atoms with Crippen LogP contribution in [0.3, 0.4) is 0 Å². The molecule has 2 N–H and O–H groups in total. The van der Waals surface area contributed by atoms with E-state index in [4.69, 9.17) is 21.7 Å². The van der Waals surface area contributed by atoms with Crippen molar-refractivity contribution in [2.45, 2.75) is 19.6 Å². The third kappa shape index (κ3) is 5.66. The Kier molecular flexibility index (Phi) is 6.69. The lowest BCUT2D eigenvalue weighted by molar-refractivity contribution is -0.137. The number of aryl methyl sites for hydroxylation is 1. The van der Waals surface area contributed by atoms with Crippen LogP contribution in [0.5, 0.6) is 11.5 Å². The average molecular weight is 450 g/mol. The van der Waals surface area contributed by atoms with E-state index in [1.165, 1.54) is 13.2 Å². The maximum absolute atomic E-state index is 12.9. The molecule has 0 atom stereocenters. The molecule has 1 aromatic heterocycles. The number of anilines is 2. The Balaban J connectivity index is 1.69. The SMILES string of the molecule is COc1ccc(NC(=S)Nc2cc(C)n(Cc3cccc(C(F)(F)F)c3)n2)c(OC)c1. The van der Waals surface area contributed by atoms with E-state index >= 15 is 0 Å². The molecule has 10 heteroatoms. The van der Waals surface area contributed by atoms with E-state index in [1.807, 2.05) is 6.92 Å². The lowest BCUT2D eigenvalue weighted by Gasteiger charge is -2.13. The highest BCUT2D eigenvalue weighted by Gasteiger charge is 2.30. The minimum absolute atomic E-state index is 0.198. The predicted octanol–water partition coefficient (Wildman–Crippen LogP) is 5.08. The first-order valence-corrected chi connectivity index (χ1v) is 9.61. The molecule has 2 aromatic carbocycles. The minimum atomic E-state index is -4.39. The van der Waals surface area contributed by atoms with Crippen molar-refractivity contribution in [3.63, 3.8) is 0 Å². The number of halogens is 3. The van der Waals surface area contributed by atoms with Crippen LogP contribution >= 0.6 is 12.2 Å². The molecule has 0 spiro atoms. The van der Waals surface area contributed by atoms with E-state index in [0.29, 0.717) is 28.6 Å². The Labute approximate surface area is 183 Å². The number of thiocarbonyl (C=S) groups is 1. The Morgan fingerprint density at radius 2 is 1.84 bits per heavy atom. The molecule has 0 unspecified atom stereocenters. The molecule has 0 radical (unpaired) electrons. The molecule has 0 amide bonds. The van der Waals surface area contributed by atoms with E-state index in [-0.39, 0.29) is 11.7 Å². The molecule has 3 rings (SSSR count). The summed E-state index contributed by atoms with van der Waals surface area (Å²) in [5.41, 5.74) is 1.22. The van der Waals surface area contributed by atoms with Gasteiger partial charge in [-0.25, -0.2) is 0 Å². The van der Waals surface area contributed by atoms with Gasteiger partial charge in [0.1, 0.15) is 11.5 Å². The van der Waals surface area contributed by atoms with Crippen molar-refractivity contribution in [1.29, 1.82) is 0 Å². The summed E-state index contributed by atoms with van der Waals surface area (Å²) in [5.74, 6) is 1.66. The first kappa shape index (κ1) is 22.4. The molecule has 0 saturated carbocycles. The maximum Gasteiger partial charge on any atom is 0.416 e. The standard InChI is InChI=1S/C21H21F3N4O2S/c1-13-9-19(26-20(31)25-17-8-7-16(29-2)11-18(17)30-3)27-28(13)12-14-5-4-6-15(10-14)21(22,23)24/h4-11H,12H2,1-3H3,(H2,25,26,27,31). The zero-order valence-electron chi connectivity index (χ0n) is 17.1. The van der Waals surface area contributed by atoms with Crippen LogP contribution in [-0.4, -0.2) is 29.1 Å². The topological polar surface area (TPSA) is 60.3 Å². The summed E-state index contributed by atoms with van der Waals surface area (Å²) < 4.78 is 50.9. The number of methoxy groups -OCH3 is 2. The predicted molar refractivity (Wildman–Crippen MR) is 117 cm³/mol. The number of nitrogens with zero attached hydrogens (tertiary/aromatic N) is 2. The summed E-state index contributed by atoms with van der Waals surface area (Å²) >= 11 is 5.34. The molecule has 0 saturated heterocycles. The van der Waals surface area contributed by atoms with Gasteiger partial charge in [0.2, 0.25) is 0 Å². The van der Waals surface area contributed by atoms with Crippen LogP contribution in [0, 0.1) is 6.92 Å². The maximum atomic E-state index is 12.9. The largest absolute Gasteiger partial charge is 0.497 e. The van der Waals surface area contributed by atoms with E-state index < -0.39 is 11.7 Å². The lowest BCUT2D eigenvalue weighted by Crippen LogP contribution is -2.20. The number of nitrogens with one attached hydrogen (secondary N) is 2. The Bertz CT molecular complexity index is 1080. The number of hydrogen-bond acceptors (Lipinski definition) is 4. The van der Waals surface area contributed by atoms with Gasteiger partial charge in [0.05, 0.1) is 32.0 Å². The summed E-state index contributed by atoms with van der Waals surface area (Å²) in [7, 11) is 3.10. The fourth-order valence-electron chi connectivity index (χ4n) is 2.92. The van der Waals surface area contributed by atoms with Crippen molar-refractivity contribution in [2.75, 3.05) is 24.9 Å². The van der Waals surface area contributed by atoms with Gasteiger partial charge >= 0.3 is 6.18 Å². The highest BCUT2D eigenvalue weighted by molar-refractivity contribution is 7.80. The lowest BCUT2D eigenvalue weighted by atomic mass is 10.1. The van der Waals surface area contributed by atoms with Crippen molar-refractivity contribution in [2.24, 2.45) is 0 Å². The number of aromatic nitrogens is 2. The molecule has 1 heterocycles. The third-order valence-electron chi connectivity index (χ3n) is 4.47. The molecule has 0 aliphatic rings. The average Bonchev–Trinajstić information content (AvgIpc) is 3.06. The van der Waals surface area contributed by atoms with Crippen LogP contribution in [-0.2, 0) is 12.7 Å². The van der Waals surface area contributed by atoms with Gasteiger partial charge in [-0.2, -0.15) is 18.3 Å². The van der Waals surface area contributed by atoms with Crippen molar-refractivity contribution in [3.8, 4) is 11.5 Å². The molecule has 31 heavy (non-hydrogen) atoms. The van der Waals surface area contributed by atoms with Crippen LogP contribution in [0.2, 0.25) is 0 Å². The summed E-state index contributed by atoms with van der Waals surface area (Å²) in [5, 5.41) is 10.7. The Morgan fingerprint density at radius 3 is 2.52 bits per heavy atom. The van der Waals surface area contributed by atoms with Gasteiger partial charge in [-0.3, -0.25) is 4.68 Å². The van der Waals surface area contributed by atoms with Crippen LogP contribution in [0.4, 0.5) is 24.7 Å². The third-order valence-corrected chi connectivity index (χ3v) is 4.67. The van der Waals surface area contributed by atoms with E-state index in [9.17, 15) is 13.2 Å². The van der Waals surface area contributed by atoms with Crippen LogP contribution < -0.4 is 20.1 Å². The van der Waals surface area contributed by atoms with Gasteiger partial charge in [0.15, 0.2) is 10.9 Å². The van der Waals surface area contributed by atoms with E-state index in [0.717, 1.165) is 17.8 Å². The fraction of sp³-hybridized carbons (Fsp3) is 0.238. The normalized spacial score (nSPS) is 11.2. The second-order valence-corrected chi connectivity index (χ2v) is 7.08. The molecule has 164 valence electrons. The number of alkyl halides is 3. The fourth-order valence-corrected chi connectivity index (χ4v) is 3.14. The van der Waals surface area contributed by atoms with Gasteiger partial charge in [-0.1, -0.05) is 12.1 Å². The van der Waals surface area contributed by atoms with Crippen molar-refractivity contribution in [3.05, 3.63) is 65.4 Å². The number of ether oxygens (including phenoxy) is 2. The number of hydrogen-bond donors (Lipinski definition) is 2. The summed E-state index contributed by atoms with van der Waals surface area (Å²) in [6, 6.07) is 12.2. The van der Waals surface area contributed by atoms with E-state index in [2.05, 4.69) is 15.7 Å². The Morgan fingerprint density at radius 1 is 1.06 bits per heavy atom. The van der Waals surface area contributed by atoms with Gasteiger partial charge in [0, 0.05) is 17.8 Å². The van der Waals surface area contributed by atoms with Crippen LogP contribution in [0.25, 0.3) is 0 Å². The molecule has 3 aromatic rings. The Hall–Kier alpha value is -3.27. The van der Waals surface area contributed by atoms with Gasteiger partial charge in [0.25, 0.3) is 0 Å². The molecule has 0 fully saturated rings. The molecule has 6 nitrogen and oxygen atoms in total. The second kappa shape index (κ2) is 9.25. The quantitative estimate of drug-likeness (QED) is 0.511. The second-order valence-electron chi connectivity index (χ2n) is 6.67. The van der Waals surface area contributed by atoms with Gasteiger partial charge in [-0.05, 0) is 49.0 Å². The number of rotatable bonds is 6. The minimum Gasteiger partial charge on any atom is -0.497 e. The number of benzene rings is 2. The van der Waals surface area contributed by atoms with Crippen molar-refractivity contribution < 1.29 is 22.6 Å². The summed E-state index contributed by atoms with van der Waals surface area (Å²) in [6.07, 6.45) is -4.39. The van der Waals surface area contributed by atoms with Crippen LogP contribution in [0.1, 0.15) is 16.8 Å². The first-order valence-electron chi connectivity index (χ1n) is 9.20.